The number of thiophene rings is 1. The summed E-state index contributed by atoms with van der Waals surface area (Å²) in [5, 5.41) is 5.00. The topological polar surface area (TPSA) is 55.4 Å². The lowest BCUT2D eigenvalue weighted by Gasteiger charge is -2.16. The van der Waals surface area contributed by atoms with E-state index in [0.29, 0.717) is 10.6 Å². The fourth-order valence-corrected chi connectivity index (χ4v) is 5.48. The van der Waals surface area contributed by atoms with Gasteiger partial charge in [0, 0.05) is 10.9 Å². The van der Waals surface area contributed by atoms with Gasteiger partial charge >= 0.3 is 5.97 Å². The van der Waals surface area contributed by atoms with Crippen molar-refractivity contribution in [3.63, 3.8) is 0 Å². The Kier molecular flexibility index (Phi) is 5.35. The van der Waals surface area contributed by atoms with E-state index in [1.54, 1.807) is 0 Å². The van der Waals surface area contributed by atoms with Crippen LogP contribution in [-0.4, -0.2) is 19.0 Å². The number of fused-ring (bicyclic) bond motifs is 3. The van der Waals surface area contributed by atoms with Crippen molar-refractivity contribution < 1.29 is 14.3 Å². The second-order valence-electron chi connectivity index (χ2n) is 8.31. The van der Waals surface area contributed by atoms with Gasteiger partial charge in [-0.2, -0.15) is 0 Å². The molecule has 1 aromatic heterocycles. The van der Waals surface area contributed by atoms with Crippen LogP contribution in [0.5, 0.6) is 0 Å². The minimum absolute atomic E-state index is 0.160. The number of carbonyl (C=O) groups excluding carboxylic acids is 2. The van der Waals surface area contributed by atoms with E-state index in [1.807, 2.05) is 49.6 Å². The van der Waals surface area contributed by atoms with Crippen molar-refractivity contribution in [1.82, 2.24) is 0 Å². The average molecular weight is 454 g/mol. The molecule has 33 heavy (non-hydrogen) atoms. The molecule has 0 saturated carbocycles. The van der Waals surface area contributed by atoms with Crippen molar-refractivity contribution in [1.29, 1.82) is 0 Å². The van der Waals surface area contributed by atoms with E-state index in [4.69, 9.17) is 4.74 Å². The zero-order chi connectivity index (χ0) is 23.1. The molecule has 5 heteroatoms. The van der Waals surface area contributed by atoms with Crippen LogP contribution in [0.3, 0.4) is 0 Å². The Morgan fingerprint density at radius 3 is 2.03 bits per heavy atom. The van der Waals surface area contributed by atoms with Gasteiger partial charge in [0.05, 0.1) is 18.7 Å². The summed E-state index contributed by atoms with van der Waals surface area (Å²) in [6.07, 6.45) is 0. The summed E-state index contributed by atoms with van der Waals surface area (Å²) >= 11 is 1.28. The maximum absolute atomic E-state index is 13.8. The normalized spacial score (nSPS) is 12.2. The van der Waals surface area contributed by atoms with Crippen LogP contribution in [-0.2, 0) is 9.53 Å². The van der Waals surface area contributed by atoms with Gasteiger partial charge in [-0.3, -0.25) is 4.79 Å². The first-order chi connectivity index (χ1) is 16.0. The molecule has 5 rings (SSSR count). The Hall–Kier alpha value is -3.70. The first kappa shape index (κ1) is 21.2. The molecule has 1 N–H and O–H groups in total. The first-order valence-corrected chi connectivity index (χ1v) is 11.6. The summed E-state index contributed by atoms with van der Waals surface area (Å²) in [5.74, 6) is -1.08. The highest BCUT2D eigenvalue weighted by Crippen LogP contribution is 2.47. The number of carbonyl (C=O) groups is 2. The highest BCUT2D eigenvalue weighted by atomic mass is 32.1. The van der Waals surface area contributed by atoms with Gasteiger partial charge in [0.15, 0.2) is 0 Å². The van der Waals surface area contributed by atoms with E-state index in [2.05, 4.69) is 41.7 Å². The zero-order valence-corrected chi connectivity index (χ0v) is 19.5. The van der Waals surface area contributed by atoms with Gasteiger partial charge in [0.25, 0.3) is 0 Å². The summed E-state index contributed by atoms with van der Waals surface area (Å²) in [6.45, 7) is 4.07. The molecule has 0 aliphatic heterocycles. The minimum Gasteiger partial charge on any atom is -0.465 e. The molecule has 1 amide bonds. The number of rotatable bonds is 4. The highest BCUT2D eigenvalue weighted by Gasteiger charge is 2.35. The van der Waals surface area contributed by atoms with Crippen LogP contribution in [0.25, 0.3) is 22.3 Å². The average Bonchev–Trinajstić information content (AvgIpc) is 3.37. The molecule has 1 heterocycles. The van der Waals surface area contributed by atoms with Gasteiger partial charge < -0.3 is 10.1 Å². The van der Waals surface area contributed by atoms with Gasteiger partial charge in [0.1, 0.15) is 4.88 Å². The Morgan fingerprint density at radius 1 is 0.848 bits per heavy atom. The Bertz CT molecular complexity index is 1340. The molecule has 0 radical (unpaired) electrons. The van der Waals surface area contributed by atoms with Crippen molar-refractivity contribution in [2.45, 2.75) is 19.8 Å². The number of esters is 1. The second kappa shape index (κ2) is 8.34. The van der Waals surface area contributed by atoms with Crippen LogP contribution < -0.4 is 5.32 Å². The lowest BCUT2D eigenvalue weighted by atomic mass is 9.94. The predicted molar refractivity (Wildman–Crippen MR) is 133 cm³/mol. The molecule has 0 atom stereocenters. The molecule has 0 bridgehead atoms. The van der Waals surface area contributed by atoms with E-state index in [-0.39, 0.29) is 5.91 Å². The first-order valence-electron chi connectivity index (χ1n) is 10.8. The SMILES string of the molecule is COC(=O)c1scc(-c2ccccc2)c1NC(=O)C1c2cc(C)ccc2-c2ccc(C)cc21. The van der Waals surface area contributed by atoms with Crippen molar-refractivity contribution in [3.8, 4) is 22.3 Å². The number of anilines is 1. The monoisotopic (exact) mass is 453 g/mol. The lowest BCUT2D eigenvalue weighted by Crippen LogP contribution is -2.22. The quantitative estimate of drug-likeness (QED) is 0.356. The number of hydrogen-bond donors (Lipinski definition) is 1. The molecular formula is C28H23NO3S. The maximum Gasteiger partial charge on any atom is 0.350 e. The maximum atomic E-state index is 13.8. The summed E-state index contributed by atoms with van der Waals surface area (Å²) in [5.41, 5.74) is 8.58. The fraction of sp³-hybridized carbons (Fsp3) is 0.143. The molecule has 0 unspecified atom stereocenters. The molecule has 4 aromatic rings. The molecule has 1 aliphatic carbocycles. The van der Waals surface area contributed by atoms with E-state index in [0.717, 1.165) is 44.5 Å². The largest absolute Gasteiger partial charge is 0.465 e. The molecule has 3 aromatic carbocycles. The molecule has 1 aliphatic rings. The van der Waals surface area contributed by atoms with Crippen LogP contribution in [0.15, 0.2) is 72.1 Å². The highest BCUT2D eigenvalue weighted by molar-refractivity contribution is 7.13. The number of amides is 1. The second-order valence-corrected chi connectivity index (χ2v) is 9.19. The number of benzene rings is 3. The van der Waals surface area contributed by atoms with Crippen LogP contribution in [0, 0.1) is 13.8 Å². The Labute approximate surface area is 196 Å². The van der Waals surface area contributed by atoms with Gasteiger partial charge in [-0.15, -0.1) is 11.3 Å². The summed E-state index contributed by atoms with van der Waals surface area (Å²) < 4.78 is 5.00. The van der Waals surface area contributed by atoms with E-state index in [1.165, 1.54) is 18.4 Å². The summed E-state index contributed by atoms with van der Waals surface area (Å²) in [4.78, 5) is 26.7. The van der Waals surface area contributed by atoms with E-state index >= 15 is 0 Å². The van der Waals surface area contributed by atoms with Crippen LogP contribution >= 0.6 is 11.3 Å². The third kappa shape index (κ3) is 3.64. The summed E-state index contributed by atoms with van der Waals surface area (Å²) in [7, 11) is 1.35. The summed E-state index contributed by atoms with van der Waals surface area (Å²) in [6, 6.07) is 22.2. The van der Waals surface area contributed by atoms with Crippen molar-refractivity contribution >= 4 is 28.9 Å². The number of nitrogens with one attached hydrogen (secondary N) is 1. The predicted octanol–water partition coefficient (Wildman–Crippen LogP) is 6.57. The Morgan fingerprint density at radius 2 is 1.45 bits per heavy atom. The van der Waals surface area contributed by atoms with Gasteiger partial charge in [-0.05, 0) is 41.7 Å². The van der Waals surface area contributed by atoms with Crippen LogP contribution in [0.1, 0.15) is 37.8 Å². The number of aryl methyl sites for hydroxylation is 2. The third-order valence-electron chi connectivity index (χ3n) is 6.08. The molecule has 0 spiro atoms. The molecule has 0 fully saturated rings. The Balaban J connectivity index is 1.61. The molecule has 4 nitrogen and oxygen atoms in total. The molecule has 0 saturated heterocycles. The van der Waals surface area contributed by atoms with Gasteiger partial charge in [-0.25, -0.2) is 4.79 Å². The number of hydrogen-bond acceptors (Lipinski definition) is 4. The minimum atomic E-state index is -0.462. The van der Waals surface area contributed by atoms with Crippen molar-refractivity contribution in [3.05, 3.63) is 99.2 Å². The molecule has 164 valence electrons. The zero-order valence-electron chi connectivity index (χ0n) is 18.6. The standard InChI is InChI=1S/C28H23NO3S/c1-16-9-11-19-20-12-10-17(2)14-22(20)24(21(19)13-16)27(30)29-25-23(18-7-5-4-6-8-18)15-33-26(25)28(31)32-3/h4-15,24H,1-3H3,(H,29,30). The third-order valence-corrected chi connectivity index (χ3v) is 7.04. The van der Waals surface area contributed by atoms with Gasteiger partial charge in [-0.1, -0.05) is 77.9 Å². The van der Waals surface area contributed by atoms with E-state index < -0.39 is 11.9 Å². The smallest absolute Gasteiger partial charge is 0.350 e. The fourth-order valence-electron chi connectivity index (χ4n) is 4.53. The van der Waals surface area contributed by atoms with E-state index in [9.17, 15) is 9.59 Å². The van der Waals surface area contributed by atoms with Crippen molar-refractivity contribution in [2.75, 3.05) is 12.4 Å². The number of methoxy groups -OCH3 is 1. The van der Waals surface area contributed by atoms with Crippen LogP contribution in [0.4, 0.5) is 5.69 Å². The number of ether oxygens (including phenoxy) is 1. The van der Waals surface area contributed by atoms with Crippen LogP contribution in [0.2, 0.25) is 0 Å². The van der Waals surface area contributed by atoms with Gasteiger partial charge in [0.2, 0.25) is 5.91 Å². The van der Waals surface area contributed by atoms with Crippen molar-refractivity contribution in [2.24, 2.45) is 0 Å². The lowest BCUT2D eigenvalue weighted by molar-refractivity contribution is -0.116. The molecular weight excluding hydrogens is 430 g/mol.